The number of carbonyl (C=O) groups excluding carboxylic acids is 1. The molecule has 0 aromatic carbocycles. The molecule has 0 radical (unpaired) electrons. The summed E-state index contributed by atoms with van der Waals surface area (Å²) in [5.74, 6) is 0.943. The number of hydrogen-bond donors (Lipinski definition) is 1. The number of amides is 1. The van der Waals surface area contributed by atoms with E-state index in [4.69, 9.17) is 5.73 Å². The Morgan fingerprint density at radius 1 is 1.47 bits per heavy atom. The van der Waals surface area contributed by atoms with E-state index in [1.807, 2.05) is 4.90 Å². The van der Waals surface area contributed by atoms with Gasteiger partial charge in [0.1, 0.15) is 11.5 Å². The minimum Gasteiger partial charge on any atom is -0.384 e. The number of nitrogens with zero attached hydrogens (tertiary/aromatic N) is 2. The Balaban J connectivity index is 2.19. The standard InChI is InChI=1S/C13H19N3O/c1-9-5-4-8-16(10(9)2)13(17)11-6-3-7-12(14)15-11/h3,6-7,9-10H,4-5,8H2,1-2H3,(H2,14,15)/t9-,10+/m0/s1. The molecule has 2 N–H and O–H groups in total. The van der Waals surface area contributed by atoms with Gasteiger partial charge in [0.15, 0.2) is 0 Å². The molecule has 1 amide bonds. The lowest BCUT2D eigenvalue weighted by Gasteiger charge is -2.37. The highest BCUT2D eigenvalue weighted by Crippen LogP contribution is 2.24. The van der Waals surface area contributed by atoms with E-state index in [0.717, 1.165) is 13.0 Å². The van der Waals surface area contributed by atoms with Gasteiger partial charge in [0, 0.05) is 12.6 Å². The van der Waals surface area contributed by atoms with E-state index in [0.29, 0.717) is 17.4 Å². The maximum atomic E-state index is 12.3. The Hall–Kier alpha value is -1.58. The van der Waals surface area contributed by atoms with Crippen molar-refractivity contribution in [3.05, 3.63) is 23.9 Å². The second kappa shape index (κ2) is 4.73. The Labute approximate surface area is 102 Å². The predicted molar refractivity (Wildman–Crippen MR) is 67.5 cm³/mol. The number of piperidine rings is 1. The molecule has 1 aliphatic heterocycles. The summed E-state index contributed by atoms with van der Waals surface area (Å²) in [7, 11) is 0. The van der Waals surface area contributed by atoms with E-state index < -0.39 is 0 Å². The number of carbonyl (C=O) groups is 1. The number of hydrogen-bond acceptors (Lipinski definition) is 3. The lowest BCUT2D eigenvalue weighted by molar-refractivity contribution is 0.0545. The molecule has 0 unspecified atom stereocenters. The number of pyridine rings is 1. The fourth-order valence-electron chi connectivity index (χ4n) is 2.34. The van der Waals surface area contributed by atoms with Crippen LogP contribution in [0.25, 0.3) is 0 Å². The Morgan fingerprint density at radius 3 is 2.94 bits per heavy atom. The first-order valence-corrected chi connectivity index (χ1v) is 6.13. The zero-order valence-corrected chi connectivity index (χ0v) is 10.4. The maximum Gasteiger partial charge on any atom is 0.272 e. The monoisotopic (exact) mass is 233 g/mol. The second-order valence-corrected chi connectivity index (χ2v) is 4.81. The van der Waals surface area contributed by atoms with Crippen LogP contribution in [0.3, 0.4) is 0 Å². The number of likely N-dealkylation sites (tertiary alicyclic amines) is 1. The lowest BCUT2D eigenvalue weighted by Crippen LogP contribution is -2.46. The summed E-state index contributed by atoms with van der Waals surface area (Å²) in [6.07, 6.45) is 2.26. The molecule has 0 bridgehead atoms. The number of nitrogens with two attached hydrogens (primary N) is 1. The summed E-state index contributed by atoms with van der Waals surface area (Å²) in [6.45, 7) is 5.12. The predicted octanol–water partition coefficient (Wildman–Crippen LogP) is 1.92. The van der Waals surface area contributed by atoms with Crippen LogP contribution in [0, 0.1) is 5.92 Å². The van der Waals surface area contributed by atoms with E-state index in [9.17, 15) is 4.79 Å². The third-order valence-electron chi connectivity index (χ3n) is 3.62. The van der Waals surface area contributed by atoms with Gasteiger partial charge >= 0.3 is 0 Å². The molecule has 0 saturated carbocycles. The van der Waals surface area contributed by atoms with Gasteiger partial charge in [0.05, 0.1) is 0 Å². The first kappa shape index (κ1) is 11.9. The van der Waals surface area contributed by atoms with Crippen molar-refractivity contribution in [1.82, 2.24) is 9.88 Å². The maximum absolute atomic E-state index is 12.3. The summed E-state index contributed by atoms with van der Waals surface area (Å²) in [5, 5.41) is 0. The quantitative estimate of drug-likeness (QED) is 0.806. The molecular weight excluding hydrogens is 214 g/mol. The third-order valence-corrected chi connectivity index (χ3v) is 3.62. The molecule has 0 aliphatic carbocycles. The van der Waals surface area contributed by atoms with Crippen LogP contribution in [-0.2, 0) is 0 Å². The lowest BCUT2D eigenvalue weighted by atomic mass is 9.92. The van der Waals surface area contributed by atoms with Gasteiger partial charge in [-0.05, 0) is 37.8 Å². The van der Waals surface area contributed by atoms with Crippen molar-refractivity contribution in [3.63, 3.8) is 0 Å². The van der Waals surface area contributed by atoms with Crippen molar-refractivity contribution < 1.29 is 4.79 Å². The van der Waals surface area contributed by atoms with Crippen LogP contribution >= 0.6 is 0 Å². The molecular formula is C13H19N3O. The van der Waals surface area contributed by atoms with Gasteiger partial charge in [-0.2, -0.15) is 0 Å². The third kappa shape index (κ3) is 2.40. The van der Waals surface area contributed by atoms with Crippen LogP contribution in [-0.4, -0.2) is 28.4 Å². The Morgan fingerprint density at radius 2 is 2.24 bits per heavy atom. The van der Waals surface area contributed by atoms with Crippen LogP contribution in [0.4, 0.5) is 5.82 Å². The van der Waals surface area contributed by atoms with Crippen LogP contribution in [0.2, 0.25) is 0 Å². The minimum atomic E-state index is -0.00338. The Kier molecular flexibility index (Phi) is 3.31. The number of anilines is 1. The highest BCUT2D eigenvalue weighted by Gasteiger charge is 2.29. The fourth-order valence-corrected chi connectivity index (χ4v) is 2.34. The van der Waals surface area contributed by atoms with Gasteiger partial charge in [-0.3, -0.25) is 4.79 Å². The molecule has 17 heavy (non-hydrogen) atoms. The van der Waals surface area contributed by atoms with Gasteiger partial charge < -0.3 is 10.6 Å². The van der Waals surface area contributed by atoms with Gasteiger partial charge in [-0.25, -0.2) is 4.98 Å². The molecule has 1 aliphatic rings. The number of rotatable bonds is 1. The van der Waals surface area contributed by atoms with E-state index in [-0.39, 0.29) is 11.9 Å². The van der Waals surface area contributed by atoms with Gasteiger partial charge in [0.25, 0.3) is 5.91 Å². The van der Waals surface area contributed by atoms with Crippen molar-refractivity contribution in [2.45, 2.75) is 32.7 Å². The minimum absolute atomic E-state index is 0.00338. The van der Waals surface area contributed by atoms with Crippen LogP contribution in [0.15, 0.2) is 18.2 Å². The summed E-state index contributed by atoms with van der Waals surface area (Å²) in [5.41, 5.74) is 6.06. The second-order valence-electron chi connectivity index (χ2n) is 4.81. The topological polar surface area (TPSA) is 59.2 Å². The molecule has 2 atom stereocenters. The fraction of sp³-hybridized carbons (Fsp3) is 0.538. The Bertz CT molecular complexity index is 419. The molecule has 1 fully saturated rings. The largest absolute Gasteiger partial charge is 0.384 e. The number of nitrogen functional groups attached to an aromatic ring is 1. The average Bonchev–Trinajstić information content (AvgIpc) is 2.32. The van der Waals surface area contributed by atoms with Crippen molar-refractivity contribution >= 4 is 11.7 Å². The zero-order valence-electron chi connectivity index (χ0n) is 10.4. The highest BCUT2D eigenvalue weighted by atomic mass is 16.2. The van der Waals surface area contributed by atoms with Gasteiger partial charge in [-0.1, -0.05) is 13.0 Å². The molecule has 1 saturated heterocycles. The summed E-state index contributed by atoms with van der Waals surface area (Å²) >= 11 is 0. The molecule has 2 rings (SSSR count). The molecule has 4 nitrogen and oxygen atoms in total. The van der Waals surface area contributed by atoms with E-state index in [1.54, 1.807) is 18.2 Å². The van der Waals surface area contributed by atoms with Crippen LogP contribution in [0.5, 0.6) is 0 Å². The van der Waals surface area contributed by atoms with Crippen molar-refractivity contribution in [2.24, 2.45) is 5.92 Å². The highest BCUT2D eigenvalue weighted by molar-refractivity contribution is 5.92. The normalized spacial score (nSPS) is 24.7. The zero-order chi connectivity index (χ0) is 12.4. The van der Waals surface area contributed by atoms with E-state index in [1.165, 1.54) is 6.42 Å². The smallest absolute Gasteiger partial charge is 0.272 e. The van der Waals surface area contributed by atoms with Crippen molar-refractivity contribution in [2.75, 3.05) is 12.3 Å². The van der Waals surface area contributed by atoms with Crippen molar-refractivity contribution in [3.8, 4) is 0 Å². The first-order chi connectivity index (χ1) is 8.09. The van der Waals surface area contributed by atoms with Gasteiger partial charge in [0.2, 0.25) is 0 Å². The van der Waals surface area contributed by atoms with E-state index in [2.05, 4.69) is 18.8 Å². The van der Waals surface area contributed by atoms with Crippen molar-refractivity contribution in [1.29, 1.82) is 0 Å². The first-order valence-electron chi connectivity index (χ1n) is 6.13. The molecule has 0 spiro atoms. The summed E-state index contributed by atoms with van der Waals surface area (Å²) < 4.78 is 0. The average molecular weight is 233 g/mol. The molecule has 1 aromatic rings. The molecule has 4 heteroatoms. The van der Waals surface area contributed by atoms with Gasteiger partial charge in [-0.15, -0.1) is 0 Å². The summed E-state index contributed by atoms with van der Waals surface area (Å²) in [4.78, 5) is 18.3. The van der Waals surface area contributed by atoms with Crippen LogP contribution < -0.4 is 5.73 Å². The molecule has 2 heterocycles. The van der Waals surface area contributed by atoms with E-state index >= 15 is 0 Å². The SMILES string of the molecule is C[C@@H]1[C@@H](C)CCCN1C(=O)c1cccc(N)n1. The molecule has 92 valence electrons. The number of aromatic nitrogens is 1. The summed E-state index contributed by atoms with van der Waals surface area (Å²) in [6, 6.07) is 5.47. The van der Waals surface area contributed by atoms with Crippen LogP contribution in [0.1, 0.15) is 37.2 Å². The molecule has 1 aromatic heterocycles.